The summed E-state index contributed by atoms with van der Waals surface area (Å²) in [6, 6.07) is 5.54. The minimum absolute atomic E-state index is 0.0300. The van der Waals surface area contributed by atoms with Crippen molar-refractivity contribution in [3.05, 3.63) is 40.9 Å². The normalized spacial score (nSPS) is 14.8. The lowest BCUT2D eigenvalue weighted by Crippen LogP contribution is -2.32. The van der Waals surface area contributed by atoms with E-state index in [-0.39, 0.29) is 11.8 Å². The van der Waals surface area contributed by atoms with Gasteiger partial charge in [0.2, 0.25) is 5.91 Å². The Hall–Kier alpha value is -2.01. The van der Waals surface area contributed by atoms with Crippen molar-refractivity contribution in [2.45, 2.75) is 40.2 Å². The third-order valence-electron chi connectivity index (χ3n) is 3.59. The molecule has 0 bridgehead atoms. The molecule has 6 heteroatoms. The molecule has 0 unspecified atom stereocenters. The Bertz CT molecular complexity index is 652. The van der Waals surface area contributed by atoms with E-state index in [1.54, 1.807) is 6.08 Å². The third-order valence-corrected chi connectivity index (χ3v) is 3.82. The summed E-state index contributed by atoms with van der Waals surface area (Å²) in [7, 11) is 0. The maximum atomic E-state index is 11.9. The number of halogens is 1. The number of carbonyl (C=O) groups is 1. The number of hydrogen-bond donors (Lipinski definition) is 2. The Balaban J connectivity index is 1.99. The number of allylic oxidation sites excluding steroid dienone is 1. The van der Waals surface area contributed by atoms with Gasteiger partial charge in [-0.2, -0.15) is 5.10 Å². The molecule has 1 aromatic rings. The SMILES string of the molecule is C/C=C/C(=N\NCc1cc(Cl)ccc1OCC(C)C)NC(=O)C1CC1. The molecule has 25 heavy (non-hydrogen) atoms. The van der Waals surface area contributed by atoms with E-state index in [4.69, 9.17) is 16.3 Å². The number of hydrogen-bond acceptors (Lipinski definition) is 4. The number of hydrazone groups is 1. The number of amides is 1. The van der Waals surface area contributed by atoms with Gasteiger partial charge in [-0.15, -0.1) is 0 Å². The molecule has 1 aliphatic carbocycles. The first-order chi connectivity index (χ1) is 12.0. The van der Waals surface area contributed by atoms with E-state index in [9.17, 15) is 4.79 Å². The van der Waals surface area contributed by atoms with Crippen molar-refractivity contribution in [3.63, 3.8) is 0 Å². The second-order valence-electron chi connectivity index (χ2n) is 6.55. The highest BCUT2D eigenvalue weighted by Gasteiger charge is 2.29. The lowest BCUT2D eigenvalue weighted by Gasteiger charge is -2.14. The molecule has 2 N–H and O–H groups in total. The number of carbonyl (C=O) groups excluding carboxylic acids is 1. The van der Waals surface area contributed by atoms with Crippen molar-refractivity contribution >= 4 is 23.3 Å². The van der Waals surface area contributed by atoms with Gasteiger partial charge in [-0.1, -0.05) is 31.5 Å². The standard InChI is InChI=1S/C19H26ClN3O2/c1-4-5-18(22-19(24)14-6-7-14)23-21-11-15-10-16(20)8-9-17(15)25-12-13(2)3/h4-5,8-10,13-14,21H,6-7,11-12H2,1-3H3,(H,22,23,24)/b5-4+. The molecule has 136 valence electrons. The monoisotopic (exact) mass is 363 g/mol. The van der Waals surface area contributed by atoms with Crippen LogP contribution in [0.3, 0.4) is 0 Å². The van der Waals surface area contributed by atoms with Gasteiger partial charge in [0.25, 0.3) is 0 Å². The first kappa shape index (κ1) is 19.3. The van der Waals surface area contributed by atoms with Crippen molar-refractivity contribution in [1.82, 2.24) is 10.7 Å². The van der Waals surface area contributed by atoms with Crippen LogP contribution in [-0.2, 0) is 11.3 Å². The third kappa shape index (κ3) is 6.78. The molecule has 0 aromatic heterocycles. The highest BCUT2D eigenvalue weighted by atomic mass is 35.5. The van der Waals surface area contributed by atoms with Gasteiger partial charge >= 0.3 is 0 Å². The highest BCUT2D eigenvalue weighted by Crippen LogP contribution is 2.28. The summed E-state index contributed by atoms with van der Waals surface area (Å²) in [6.45, 7) is 7.18. The maximum Gasteiger partial charge on any atom is 0.228 e. The fourth-order valence-electron chi connectivity index (χ4n) is 2.13. The molecular formula is C19H26ClN3O2. The van der Waals surface area contributed by atoms with Crippen LogP contribution in [0, 0.1) is 11.8 Å². The molecule has 1 fully saturated rings. The summed E-state index contributed by atoms with van der Waals surface area (Å²) in [4.78, 5) is 11.9. The molecule has 1 aliphatic rings. The minimum Gasteiger partial charge on any atom is -0.493 e. The van der Waals surface area contributed by atoms with Gasteiger partial charge in [-0.05, 0) is 50.0 Å². The Morgan fingerprint density at radius 1 is 1.44 bits per heavy atom. The van der Waals surface area contributed by atoms with E-state index in [0.29, 0.717) is 29.9 Å². The summed E-state index contributed by atoms with van der Waals surface area (Å²) in [6.07, 6.45) is 5.52. The summed E-state index contributed by atoms with van der Waals surface area (Å²) in [5, 5.41) is 7.76. The van der Waals surface area contributed by atoms with Crippen LogP contribution in [0.15, 0.2) is 35.5 Å². The molecule has 0 aliphatic heterocycles. The first-order valence-electron chi connectivity index (χ1n) is 8.65. The molecule has 1 amide bonds. The van der Waals surface area contributed by atoms with Crippen LogP contribution in [0.1, 0.15) is 39.2 Å². The molecule has 5 nitrogen and oxygen atoms in total. The van der Waals surface area contributed by atoms with Crippen molar-refractivity contribution < 1.29 is 9.53 Å². The highest BCUT2D eigenvalue weighted by molar-refractivity contribution is 6.30. The van der Waals surface area contributed by atoms with Gasteiger partial charge in [0.15, 0.2) is 5.84 Å². The second-order valence-corrected chi connectivity index (χ2v) is 6.99. The topological polar surface area (TPSA) is 62.7 Å². The molecule has 0 saturated heterocycles. The molecular weight excluding hydrogens is 338 g/mol. The average Bonchev–Trinajstić information content (AvgIpc) is 3.39. The molecule has 1 aromatic carbocycles. The Kier molecular flexibility index (Phi) is 7.31. The van der Waals surface area contributed by atoms with Crippen LogP contribution in [0.2, 0.25) is 5.02 Å². The quantitative estimate of drug-likeness (QED) is 0.418. The van der Waals surface area contributed by atoms with E-state index in [2.05, 4.69) is 29.7 Å². The summed E-state index contributed by atoms with van der Waals surface area (Å²) >= 11 is 6.09. The van der Waals surface area contributed by atoms with Gasteiger partial charge < -0.3 is 15.5 Å². The summed E-state index contributed by atoms with van der Waals surface area (Å²) in [5.41, 5.74) is 3.91. The van der Waals surface area contributed by atoms with Crippen LogP contribution in [-0.4, -0.2) is 18.3 Å². The van der Waals surface area contributed by atoms with E-state index >= 15 is 0 Å². The van der Waals surface area contributed by atoms with Gasteiger partial charge in [0.1, 0.15) is 5.75 Å². The maximum absolute atomic E-state index is 11.9. The fraction of sp³-hybridized carbons (Fsp3) is 0.474. The predicted molar refractivity (Wildman–Crippen MR) is 102 cm³/mol. The second kappa shape index (κ2) is 9.47. The zero-order chi connectivity index (χ0) is 18.2. The van der Waals surface area contributed by atoms with Crippen LogP contribution in [0.4, 0.5) is 0 Å². The van der Waals surface area contributed by atoms with E-state index < -0.39 is 0 Å². The van der Waals surface area contributed by atoms with Crippen molar-refractivity contribution in [3.8, 4) is 5.75 Å². The van der Waals surface area contributed by atoms with Crippen molar-refractivity contribution in [2.24, 2.45) is 16.9 Å². The van der Waals surface area contributed by atoms with Crippen LogP contribution in [0.25, 0.3) is 0 Å². The van der Waals surface area contributed by atoms with Crippen LogP contribution in [0.5, 0.6) is 5.75 Å². The van der Waals surface area contributed by atoms with Gasteiger partial charge in [-0.25, -0.2) is 0 Å². The van der Waals surface area contributed by atoms with Gasteiger partial charge in [0.05, 0.1) is 13.2 Å². The Morgan fingerprint density at radius 3 is 2.84 bits per heavy atom. The molecule has 0 heterocycles. The Morgan fingerprint density at radius 2 is 2.20 bits per heavy atom. The van der Waals surface area contributed by atoms with Gasteiger partial charge in [0, 0.05) is 16.5 Å². The summed E-state index contributed by atoms with van der Waals surface area (Å²) in [5.74, 6) is 1.90. The fourth-order valence-corrected chi connectivity index (χ4v) is 2.33. The van der Waals surface area contributed by atoms with Crippen molar-refractivity contribution in [1.29, 1.82) is 0 Å². The predicted octanol–water partition coefficient (Wildman–Crippen LogP) is 3.88. The van der Waals surface area contributed by atoms with Gasteiger partial charge in [-0.3, -0.25) is 4.79 Å². The number of benzene rings is 1. The molecule has 0 spiro atoms. The average molecular weight is 364 g/mol. The van der Waals surface area contributed by atoms with Crippen LogP contribution >= 0.6 is 11.6 Å². The number of nitrogens with one attached hydrogen (secondary N) is 2. The van der Waals surface area contributed by atoms with E-state index in [1.807, 2.05) is 31.2 Å². The molecule has 0 radical (unpaired) electrons. The number of rotatable bonds is 8. The number of amidine groups is 1. The zero-order valence-electron chi connectivity index (χ0n) is 15.0. The van der Waals surface area contributed by atoms with E-state index in [0.717, 1.165) is 24.2 Å². The Labute approximate surface area is 154 Å². The number of ether oxygens (including phenoxy) is 1. The van der Waals surface area contributed by atoms with Crippen LogP contribution < -0.4 is 15.5 Å². The first-order valence-corrected chi connectivity index (χ1v) is 9.02. The minimum atomic E-state index is 0.0300. The van der Waals surface area contributed by atoms with Crippen molar-refractivity contribution in [2.75, 3.05) is 6.61 Å². The smallest absolute Gasteiger partial charge is 0.228 e. The number of nitrogens with zero attached hydrogens (tertiary/aromatic N) is 1. The zero-order valence-corrected chi connectivity index (χ0v) is 15.8. The molecule has 2 rings (SSSR count). The summed E-state index contributed by atoms with van der Waals surface area (Å²) < 4.78 is 5.83. The molecule has 1 saturated carbocycles. The molecule has 0 atom stereocenters. The lowest BCUT2D eigenvalue weighted by atomic mass is 10.2. The largest absolute Gasteiger partial charge is 0.493 e. The van der Waals surface area contributed by atoms with E-state index in [1.165, 1.54) is 0 Å². The lowest BCUT2D eigenvalue weighted by molar-refractivity contribution is -0.120.